The summed E-state index contributed by atoms with van der Waals surface area (Å²) < 4.78 is 18.8. The van der Waals surface area contributed by atoms with Crippen molar-refractivity contribution in [2.75, 3.05) is 5.32 Å². The molecule has 1 aromatic carbocycles. The van der Waals surface area contributed by atoms with Crippen molar-refractivity contribution in [3.05, 3.63) is 41.8 Å². The van der Waals surface area contributed by atoms with Crippen molar-refractivity contribution in [3.63, 3.8) is 0 Å². The molecule has 6 nitrogen and oxygen atoms in total. The highest BCUT2D eigenvalue weighted by Crippen LogP contribution is 2.29. The van der Waals surface area contributed by atoms with Crippen LogP contribution in [0.5, 0.6) is 0 Å². The first kappa shape index (κ1) is 15.9. The molecule has 3 aromatic rings. The molecule has 0 aliphatic rings. The van der Waals surface area contributed by atoms with E-state index in [4.69, 9.17) is 4.52 Å². The van der Waals surface area contributed by atoms with Gasteiger partial charge in [0.05, 0.1) is 5.75 Å². The van der Waals surface area contributed by atoms with E-state index >= 15 is 0 Å². The molecule has 0 atom stereocenters. The van der Waals surface area contributed by atoms with Crippen molar-refractivity contribution in [2.24, 2.45) is 0 Å². The highest BCUT2D eigenvalue weighted by atomic mass is 32.2. The molecule has 9 heteroatoms. The van der Waals surface area contributed by atoms with Gasteiger partial charge in [-0.15, -0.1) is 10.2 Å². The van der Waals surface area contributed by atoms with Gasteiger partial charge in [-0.3, -0.25) is 0 Å². The molecule has 23 heavy (non-hydrogen) atoms. The lowest BCUT2D eigenvalue weighted by molar-refractivity contribution is 0.383. The first-order chi connectivity index (χ1) is 11.1. The summed E-state index contributed by atoms with van der Waals surface area (Å²) in [6, 6.07) is 6.08. The molecule has 0 fully saturated rings. The maximum atomic E-state index is 12.9. The van der Waals surface area contributed by atoms with Crippen LogP contribution in [0.15, 0.2) is 33.1 Å². The van der Waals surface area contributed by atoms with Crippen molar-refractivity contribution in [1.82, 2.24) is 20.3 Å². The van der Waals surface area contributed by atoms with Crippen LogP contribution < -0.4 is 5.32 Å². The fourth-order valence-electron chi connectivity index (χ4n) is 1.66. The predicted octanol–water partition coefficient (Wildman–Crippen LogP) is 4.22. The van der Waals surface area contributed by atoms with E-state index in [1.54, 1.807) is 12.1 Å². The summed E-state index contributed by atoms with van der Waals surface area (Å²) in [5.41, 5.74) is 0.762. The molecule has 3 rings (SSSR count). The smallest absolute Gasteiger partial charge is 0.237 e. The standard InChI is InChI=1S/C14H14FN5OS2/c1-8(2)12-17-11(21-20-12)7-22-14-19-18-13(23-14)16-10-5-3-9(15)4-6-10/h3-6,8H,7H2,1-2H3,(H,16,18). The first-order valence-corrected chi connectivity index (χ1v) is 8.72. The normalized spacial score (nSPS) is 11.1. The van der Waals surface area contributed by atoms with Crippen molar-refractivity contribution in [2.45, 2.75) is 29.9 Å². The minimum absolute atomic E-state index is 0.241. The zero-order valence-corrected chi connectivity index (χ0v) is 14.1. The van der Waals surface area contributed by atoms with Crippen molar-refractivity contribution in [1.29, 1.82) is 0 Å². The second kappa shape index (κ2) is 7.05. The molecule has 0 unspecified atom stereocenters. The molecule has 0 radical (unpaired) electrons. The topological polar surface area (TPSA) is 76.7 Å². The second-order valence-electron chi connectivity index (χ2n) is 4.99. The van der Waals surface area contributed by atoms with Gasteiger partial charge < -0.3 is 9.84 Å². The van der Waals surface area contributed by atoms with Crippen LogP contribution in [0, 0.1) is 5.82 Å². The van der Waals surface area contributed by atoms with E-state index < -0.39 is 0 Å². The van der Waals surface area contributed by atoms with Gasteiger partial charge in [-0.2, -0.15) is 4.98 Å². The van der Waals surface area contributed by atoms with Gasteiger partial charge in [0.2, 0.25) is 11.0 Å². The van der Waals surface area contributed by atoms with Crippen molar-refractivity contribution < 1.29 is 8.91 Å². The zero-order valence-electron chi connectivity index (χ0n) is 12.5. The van der Waals surface area contributed by atoms with Crippen molar-refractivity contribution >= 4 is 33.9 Å². The summed E-state index contributed by atoms with van der Waals surface area (Å²) in [4.78, 5) is 4.31. The molecular weight excluding hydrogens is 337 g/mol. The van der Waals surface area contributed by atoms with E-state index in [-0.39, 0.29) is 11.7 Å². The molecular formula is C14H14FN5OS2. The number of thioether (sulfide) groups is 1. The Balaban J connectivity index is 1.57. The number of rotatable bonds is 6. The molecule has 1 N–H and O–H groups in total. The molecule has 2 heterocycles. The van der Waals surface area contributed by atoms with E-state index in [1.165, 1.54) is 35.2 Å². The number of aromatic nitrogens is 4. The summed E-state index contributed by atoms with van der Waals surface area (Å²) in [6.45, 7) is 4.03. The van der Waals surface area contributed by atoms with Crippen LogP contribution in [0.4, 0.5) is 15.2 Å². The third-order valence-electron chi connectivity index (χ3n) is 2.82. The Labute approximate surface area is 140 Å². The summed E-state index contributed by atoms with van der Waals surface area (Å²) in [5, 5.41) is 15.8. The summed E-state index contributed by atoms with van der Waals surface area (Å²) in [7, 11) is 0. The Morgan fingerprint density at radius 1 is 1.26 bits per heavy atom. The van der Waals surface area contributed by atoms with Gasteiger partial charge in [-0.25, -0.2) is 4.39 Å². The van der Waals surface area contributed by atoms with Crippen molar-refractivity contribution in [3.8, 4) is 0 Å². The highest BCUT2D eigenvalue weighted by molar-refractivity contribution is 8.00. The Morgan fingerprint density at radius 2 is 2.04 bits per heavy atom. The van der Waals surface area contributed by atoms with E-state index in [1.807, 2.05) is 13.8 Å². The number of halogens is 1. The van der Waals surface area contributed by atoms with E-state index in [0.29, 0.717) is 22.6 Å². The minimum atomic E-state index is -0.274. The molecule has 120 valence electrons. The minimum Gasteiger partial charge on any atom is -0.338 e. The molecule has 0 aliphatic heterocycles. The molecule has 0 saturated carbocycles. The number of nitrogens with zero attached hydrogens (tertiary/aromatic N) is 4. The first-order valence-electron chi connectivity index (χ1n) is 6.91. The van der Waals surface area contributed by atoms with Crippen LogP contribution in [-0.4, -0.2) is 20.3 Å². The quantitative estimate of drug-likeness (QED) is 0.666. The second-order valence-corrected chi connectivity index (χ2v) is 7.19. The lowest BCUT2D eigenvalue weighted by Gasteiger charge is -2.00. The van der Waals surface area contributed by atoms with Gasteiger partial charge in [0.1, 0.15) is 5.82 Å². The third kappa shape index (κ3) is 4.26. The molecule has 0 bridgehead atoms. The monoisotopic (exact) mass is 351 g/mol. The summed E-state index contributed by atoms with van der Waals surface area (Å²) in [6.07, 6.45) is 0. The maximum absolute atomic E-state index is 12.9. The Bertz CT molecular complexity index is 772. The van der Waals surface area contributed by atoms with Gasteiger partial charge in [0.15, 0.2) is 10.2 Å². The predicted molar refractivity (Wildman–Crippen MR) is 87.5 cm³/mol. The summed E-state index contributed by atoms with van der Waals surface area (Å²) in [5.74, 6) is 1.79. The van der Waals surface area contributed by atoms with Gasteiger partial charge in [-0.05, 0) is 24.3 Å². The Kier molecular flexibility index (Phi) is 4.87. The molecule has 0 amide bonds. The van der Waals surface area contributed by atoms with Gasteiger partial charge >= 0.3 is 0 Å². The average Bonchev–Trinajstić information content (AvgIpc) is 3.17. The maximum Gasteiger partial charge on any atom is 0.237 e. The number of nitrogens with one attached hydrogen (secondary N) is 1. The van der Waals surface area contributed by atoms with Crippen LogP contribution >= 0.6 is 23.1 Å². The summed E-state index contributed by atoms with van der Waals surface area (Å²) >= 11 is 2.89. The van der Waals surface area contributed by atoms with Crippen LogP contribution in [0.3, 0.4) is 0 Å². The SMILES string of the molecule is CC(C)c1noc(CSc2nnc(Nc3ccc(F)cc3)s2)n1. The number of benzene rings is 1. The lowest BCUT2D eigenvalue weighted by Crippen LogP contribution is -1.90. The van der Waals surface area contributed by atoms with E-state index in [9.17, 15) is 4.39 Å². The largest absolute Gasteiger partial charge is 0.338 e. The van der Waals surface area contributed by atoms with Gasteiger partial charge in [0.25, 0.3) is 0 Å². The Hall–Kier alpha value is -2.00. The lowest BCUT2D eigenvalue weighted by atomic mass is 10.2. The van der Waals surface area contributed by atoms with Crippen LogP contribution in [0.25, 0.3) is 0 Å². The fourth-order valence-corrected chi connectivity index (χ4v) is 3.27. The highest BCUT2D eigenvalue weighted by Gasteiger charge is 2.12. The van der Waals surface area contributed by atoms with E-state index in [2.05, 4.69) is 25.7 Å². The van der Waals surface area contributed by atoms with Crippen LogP contribution in [0.2, 0.25) is 0 Å². The molecule has 2 aromatic heterocycles. The molecule has 0 aliphatic carbocycles. The third-order valence-corrected chi connectivity index (χ3v) is 4.78. The number of hydrogen-bond donors (Lipinski definition) is 1. The molecule has 0 spiro atoms. The van der Waals surface area contributed by atoms with Crippen LogP contribution in [-0.2, 0) is 5.75 Å². The van der Waals surface area contributed by atoms with Gasteiger partial charge in [0, 0.05) is 11.6 Å². The number of anilines is 2. The Morgan fingerprint density at radius 3 is 2.74 bits per heavy atom. The number of hydrogen-bond acceptors (Lipinski definition) is 8. The molecule has 0 saturated heterocycles. The van der Waals surface area contributed by atoms with Crippen LogP contribution in [0.1, 0.15) is 31.5 Å². The zero-order chi connectivity index (χ0) is 16.2. The fraction of sp³-hybridized carbons (Fsp3) is 0.286. The van der Waals surface area contributed by atoms with Gasteiger partial charge in [-0.1, -0.05) is 42.1 Å². The van der Waals surface area contributed by atoms with E-state index in [0.717, 1.165) is 10.0 Å². The average molecular weight is 351 g/mol.